The fraction of sp³-hybridized carbons (Fsp3) is 0.538. The van der Waals surface area contributed by atoms with E-state index >= 15 is 0 Å². The Labute approximate surface area is 88.5 Å². The van der Waals surface area contributed by atoms with E-state index in [2.05, 4.69) is 32.0 Å². The summed E-state index contributed by atoms with van der Waals surface area (Å²) >= 11 is 0. The van der Waals surface area contributed by atoms with E-state index in [-0.39, 0.29) is 0 Å². The highest BCUT2D eigenvalue weighted by molar-refractivity contribution is 5.35. The molecule has 1 heteroatoms. The summed E-state index contributed by atoms with van der Waals surface area (Å²) in [7, 11) is 0. The Bertz CT molecular complexity index is 297. The molecule has 0 aliphatic rings. The normalized spacial score (nSPS) is 11.1. The van der Waals surface area contributed by atoms with Gasteiger partial charge in [0.1, 0.15) is 5.75 Å². The van der Waals surface area contributed by atoms with Gasteiger partial charge in [-0.05, 0) is 37.5 Å². The van der Waals surface area contributed by atoms with Crippen LogP contribution in [0.1, 0.15) is 38.7 Å². The first-order valence-corrected chi connectivity index (χ1v) is 5.23. The number of rotatable bonds is 5. The summed E-state index contributed by atoms with van der Waals surface area (Å²) in [6.45, 7) is 5.44. The molecule has 14 heavy (non-hydrogen) atoms. The maximum Gasteiger partial charge on any atom is 0.122 e. The molecule has 1 rings (SSSR count). The third kappa shape index (κ3) is 3.41. The molecule has 0 aliphatic heterocycles. The molecular weight excluding hydrogens is 172 g/mol. The van der Waals surface area contributed by atoms with Crippen LogP contribution in [0.15, 0.2) is 18.2 Å². The van der Waals surface area contributed by atoms with Crippen molar-refractivity contribution in [1.29, 1.82) is 0 Å². The molecular formula is C13H20O. The van der Waals surface area contributed by atoms with Crippen LogP contribution >= 0.6 is 0 Å². The largest absolute Gasteiger partial charge is 0.493 e. The van der Waals surface area contributed by atoms with Crippen LogP contribution in [0.4, 0.5) is 0 Å². The number of benzene rings is 1. The highest BCUT2D eigenvalue weighted by Crippen LogP contribution is 2.19. The molecule has 0 N–H and O–H groups in total. The van der Waals surface area contributed by atoms with Gasteiger partial charge in [0.15, 0.2) is 0 Å². The molecule has 1 nitrogen and oxygen atoms in total. The Morgan fingerprint density at radius 3 is 2.93 bits per heavy atom. The third-order valence-electron chi connectivity index (χ3n) is 2.25. The predicted molar refractivity (Wildman–Crippen MR) is 60.9 cm³/mol. The Morgan fingerprint density at radius 2 is 2.14 bits per heavy atom. The van der Waals surface area contributed by atoms with E-state index in [0.717, 1.165) is 31.6 Å². The van der Waals surface area contributed by atoms with E-state index in [1.54, 1.807) is 0 Å². The van der Waals surface area contributed by atoms with Gasteiger partial charge in [-0.25, -0.2) is 0 Å². The highest BCUT2D eigenvalue weighted by atomic mass is 16.5. The maximum absolute atomic E-state index is 7.02. The minimum atomic E-state index is 0.531. The number of aryl methyl sites for hydroxylation is 2. The number of hydrogen-bond donors (Lipinski definition) is 0. The lowest BCUT2D eigenvalue weighted by molar-refractivity contribution is 0.304. The van der Waals surface area contributed by atoms with Gasteiger partial charge in [-0.3, -0.25) is 0 Å². The van der Waals surface area contributed by atoms with Crippen LogP contribution in [0.3, 0.4) is 0 Å². The summed E-state index contributed by atoms with van der Waals surface area (Å²) in [5, 5.41) is 0. The van der Waals surface area contributed by atoms with Crippen LogP contribution in [0.2, 0.25) is 0 Å². The van der Waals surface area contributed by atoms with Crippen molar-refractivity contribution in [2.24, 2.45) is 0 Å². The van der Waals surface area contributed by atoms with E-state index in [1.165, 1.54) is 11.1 Å². The van der Waals surface area contributed by atoms with E-state index in [1.807, 2.05) is 0 Å². The third-order valence-corrected chi connectivity index (χ3v) is 2.25. The van der Waals surface area contributed by atoms with Gasteiger partial charge in [0.05, 0.1) is 6.61 Å². The van der Waals surface area contributed by atoms with Gasteiger partial charge in [0, 0.05) is 1.37 Å². The van der Waals surface area contributed by atoms with Crippen LogP contribution in [-0.4, -0.2) is 6.61 Å². The van der Waals surface area contributed by atoms with Gasteiger partial charge in [0.25, 0.3) is 0 Å². The molecule has 0 radical (unpaired) electrons. The van der Waals surface area contributed by atoms with Crippen molar-refractivity contribution in [3.63, 3.8) is 0 Å². The molecule has 1 aromatic rings. The smallest absolute Gasteiger partial charge is 0.122 e. The molecule has 0 saturated carbocycles. The Balaban J connectivity index is 2.33. The van der Waals surface area contributed by atoms with Crippen LogP contribution in [0.25, 0.3) is 0 Å². The minimum absolute atomic E-state index is 0.531. The molecule has 0 atom stereocenters. The van der Waals surface area contributed by atoms with E-state index in [0.29, 0.717) is 6.90 Å². The van der Waals surface area contributed by atoms with Crippen molar-refractivity contribution < 1.29 is 6.11 Å². The fourth-order valence-electron chi connectivity index (χ4n) is 1.32. The summed E-state index contributed by atoms with van der Waals surface area (Å²) < 4.78 is 12.7. The molecule has 78 valence electrons. The zero-order chi connectivity index (χ0) is 11.1. The van der Waals surface area contributed by atoms with E-state index < -0.39 is 0 Å². The highest BCUT2D eigenvalue weighted by Gasteiger charge is 1.98. The lowest BCUT2D eigenvalue weighted by atomic mass is 10.1. The van der Waals surface area contributed by atoms with Gasteiger partial charge >= 0.3 is 0 Å². The minimum Gasteiger partial charge on any atom is -0.493 e. The van der Waals surface area contributed by atoms with Crippen molar-refractivity contribution in [1.82, 2.24) is 0 Å². The zero-order valence-electron chi connectivity index (χ0n) is 10.2. The Hall–Kier alpha value is -0.980. The average molecular weight is 193 g/mol. The Morgan fingerprint density at radius 1 is 1.29 bits per heavy atom. The molecule has 0 aromatic heterocycles. The van der Waals surface area contributed by atoms with Gasteiger partial charge in [-0.2, -0.15) is 0 Å². The summed E-state index contributed by atoms with van der Waals surface area (Å²) in [6, 6.07) is 6.27. The molecule has 0 saturated heterocycles. The molecule has 0 aliphatic carbocycles. The molecule has 0 spiro atoms. The first-order chi connectivity index (χ1) is 7.24. The second kappa shape index (κ2) is 5.69. The number of hydrogen-bond acceptors (Lipinski definition) is 1. The molecule has 0 amide bonds. The van der Waals surface area contributed by atoms with E-state index in [9.17, 15) is 0 Å². The lowest BCUT2D eigenvalue weighted by Gasteiger charge is -2.09. The summed E-state index contributed by atoms with van der Waals surface area (Å²) in [5.74, 6) is 1.00. The van der Waals surface area contributed by atoms with Gasteiger partial charge in [0.2, 0.25) is 0 Å². The SMILES string of the molecule is [2H]CCCCCOc1cc(C)ccc1C. The van der Waals surface area contributed by atoms with Crippen molar-refractivity contribution in [2.45, 2.75) is 40.0 Å². The molecule has 0 heterocycles. The fourth-order valence-corrected chi connectivity index (χ4v) is 1.32. The topological polar surface area (TPSA) is 9.23 Å². The van der Waals surface area contributed by atoms with Crippen molar-refractivity contribution in [3.8, 4) is 5.75 Å². The van der Waals surface area contributed by atoms with Crippen LogP contribution in [0, 0.1) is 13.8 Å². The van der Waals surface area contributed by atoms with E-state index in [4.69, 9.17) is 6.11 Å². The molecule has 1 aromatic carbocycles. The standard InChI is InChI=1S/C13H20O/c1-4-5-6-9-14-13-10-11(2)7-8-12(13)3/h7-8,10H,4-6,9H2,1-3H3/i1D. The summed E-state index contributed by atoms with van der Waals surface area (Å²) in [6.07, 6.45) is 3.12. The first-order valence-electron chi connectivity index (χ1n) is 5.94. The maximum atomic E-state index is 7.02. The van der Waals surface area contributed by atoms with Gasteiger partial charge < -0.3 is 4.74 Å². The van der Waals surface area contributed by atoms with Crippen LogP contribution in [-0.2, 0) is 0 Å². The number of unbranched alkanes of at least 4 members (excludes halogenated alkanes) is 2. The number of ether oxygens (including phenoxy) is 1. The van der Waals surface area contributed by atoms with Gasteiger partial charge in [-0.15, -0.1) is 0 Å². The van der Waals surface area contributed by atoms with Crippen LogP contribution < -0.4 is 4.74 Å². The second-order valence-corrected chi connectivity index (χ2v) is 3.68. The summed E-state index contributed by atoms with van der Waals surface area (Å²) in [4.78, 5) is 0. The Kier molecular flexibility index (Phi) is 3.89. The monoisotopic (exact) mass is 193 g/mol. The van der Waals surface area contributed by atoms with Crippen molar-refractivity contribution in [3.05, 3.63) is 29.3 Å². The predicted octanol–water partition coefficient (Wildman–Crippen LogP) is 3.87. The average Bonchev–Trinajstić information content (AvgIpc) is 2.23. The van der Waals surface area contributed by atoms with Crippen molar-refractivity contribution >= 4 is 0 Å². The molecule has 0 unspecified atom stereocenters. The zero-order valence-corrected chi connectivity index (χ0v) is 9.18. The summed E-state index contributed by atoms with van der Waals surface area (Å²) in [5.41, 5.74) is 2.43. The van der Waals surface area contributed by atoms with Crippen molar-refractivity contribution in [2.75, 3.05) is 6.61 Å². The van der Waals surface area contributed by atoms with Crippen LogP contribution in [0.5, 0.6) is 5.75 Å². The first kappa shape index (κ1) is 9.57. The molecule has 0 bridgehead atoms. The molecule has 0 fully saturated rings. The quantitative estimate of drug-likeness (QED) is 0.645. The lowest BCUT2D eigenvalue weighted by Crippen LogP contribution is -1.98. The second-order valence-electron chi connectivity index (χ2n) is 3.68. The van der Waals surface area contributed by atoms with Gasteiger partial charge in [-0.1, -0.05) is 31.9 Å².